The minimum Gasteiger partial charge on any atom is -0.743 e. The predicted octanol–water partition coefficient (Wildman–Crippen LogP) is 3.17. The van der Waals surface area contributed by atoms with E-state index < -0.39 is 47.0 Å². The molecule has 0 aromatic heterocycles. The van der Waals surface area contributed by atoms with Crippen LogP contribution in [-0.4, -0.2) is 48.3 Å². The number of sulfone groups is 1. The van der Waals surface area contributed by atoms with E-state index in [1.54, 1.807) is 0 Å². The second-order valence-corrected chi connectivity index (χ2v) is 12.8. The van der Waals surface area contributed by atoms with Crippen LogP contribution in [0.4, 0.5) is 30.7 Å². The Hall–Kier alpha value is -3.55. The Morgan fingerprint density at radius 3 is 1.13 bits per heavy atom. The van der Waals surface area contributed by atoms with Crippen LogP contribution < -0.4 is 18.9 Å². The van der Waals surface area contributed by atoms with Crippen LogP contribution >= 0.6 is 0 Å². The zero-order chi connectivity index (χ0) is 32.9. The summed E-state index contributed by atoms with van der Waals surface area (Å²) in [4.78, 5) is -1.46. The van der Waals surface area contributed by atoms with E-state index in [2.05, 4.69) is 0 Å². The fourth-order valence-corrected chi connectivity index (χ4v) is 6.63. The number of alkyl halides is 7. The van der Waals surface area contributed by atoms with Gasteiger partial charge in [0.25, 0.3) is 9.84 Å². The molecule has 0 saturated heterocycles. The van der Waals surface area contributed by atoms with Gasteiger partial charge in [-0.15, -0.1) is 0 Å². The molecular weight excluding hydrogens is 652 g/mol. The fourth-order valence-electron chi connectivity index (χ4n) is 4.60. The largest absolute Gasteiger partial charge is 1.00 e. The minimum atomic E-state index is -7.09. The molecule has 0 bridgehead atoms. The van der Waals surface area contributed by atoms with E-state index in [9.17, 15) is 49.2 Å². The second-order valence-electron chi connectivity index (χ2n) is 9.43. The average Bonchev–Trinajstić information content (AvgIpc) is 2.94. The van der Waals surface area contributed by atoms with Crippen molar-refractivity contribution in [3.8, 4) is 22.6 Å². The van der Waals surface area contributed by atoms with E-state index >= 15 is 13.2 Å². The maximum absolute atomic E-state index is 15.1. The third-order valence-electron chi connectivity index (χ3n) is 6.83. The molecule has 0 amide bonds. The second kappa shape index (κ2) is 12.0. The molecule has 0 aliphatic rings. The first kappa shape index (κ1) is 35.9. The Balaban J connectivity index is 0.00000552. The van der Waals surface area contributed by atoms with E-state index in [1.807, 2.05) is 0 Å². The van der Waals surface area contributed by atoms with Crippen molar-refractivity contribution in [1.82, 2.24) is 0 Å². The Morgan fingerprint density at radius 2 is 0.822 bits per heavy atom. The molecule has 0 spiro atoms. The topological polar surface area (TPSA) is 132 Å². The predicted molar refractivity (Wildman–Crippen MR) is 141 cm³/mol. The molecule has 0 unspecified atom stereocenters. The first-order chi connectivity index (χ1) is 20.2. The monoisotopic (exact) mass is 670 g/mol. The summed E-state index contributed by atoms with van der Waals surface area (Å²) in [5, 5.41) is 6.55. The van der Waals surface area contributed by atoms with Crippen LogP contribution in [0.1, 0.15) is 16.7 Å². The molecular formula is C28H18F7LiO7S2. The summed E-state index contributed by atoms with van der Waals surface area (Å²) in [7, 11) is -13.5. The number of rotatable bonds is 8. The average molecular weight is 671 g/mol. The molecule has 45 heavy (non-hydrogen) atoms. The summed E-state index contributed by atoms with van der Waals surface area (Å²) in [5.41, 5.74) is -3.59. The van der Waals surface area contributed by atoms with Crippen molar-refractivity contribution in [3.05, 3.63) is 114 Å². The summed E-state index contributed by atoms with van der Waals surface area (Å²) in [6, 6.07) is 15.7. The van der Waals surface area contributed by atoms with Crippen LogP contribution in [0.15, 0.2) is 102 Å². The van der Waals surface area contributed by atoms with Crippen LogP contribution in [0.5, 0.6) is 11.5 Å². The van der Waals surface area contributed by atoms with Gasteiger partial charge in [-0.25, -0.2) is 16.8 Å². The number of halogens is 7. The number of aromatic hydroxyl groups is 2. The molecule has 0 atom stereocenters. The van der Waals surface area contributed by atoms with E-state index in [0.717, 1.165) is 72.8 Å². The zero-order valence-corrected chi connectivity index (χ0v) is 24.3. The molecule has 4 aromatic carbocycles. The van der Waals surface area contributed by atoms with Crippen LogP contribution in [0.3, 0.4) is 0 Å². The van der Waals surface area contributed by atoms with Gasteiger partial charge in [-0.3, -0.25) is 0 Å². The molecule has 7 nitrogen and oxygen atoms in total. The molecule has 4 rings (SSSR count). The molecule has 0 aliphatic heterocycles. The van der Waals surface area contributed by atoms with E-state index in [4.69, 9.17) is 0 Å². The van der Waals surface area contributed by atoms with Gasteiger partial charge in [0.15, 0.2) is 10.1 Å². The molecule has 0 radical (unpaired) electrons. The van der Waals surface area contributed by atoms with Gasteiger partial charge in [-0.1, -0.05) is 60.7 Å². The molecule has 0 saturated carbocycles. The number of phenols is 2. The number of hydrogen-bond donors (Lipinski definition) is 2. The standard InChI is InChI=1S/C28H19F7O7S2.Li/c29-26(30,31)25(20-7-11-22(36)12-8-20,21-9-13-23(37)14-10-21)19-5-1-17(2-6-19)18-3-15-24(16-4-18)43(38,39)27(32,33)28(34,35)44(40,41)42;/h1-16,36-37H,(H,40,41,42);/q;+1/p-1. The maximum atomic E-state index is 15.1. The van der Waals surface area contributed by atoms with Gasteiger partial charge in [-0.05, 0) is 64.2 Å². The minimum absolute atomic E-state index is 0. The Kier molecular flexibility index (Phi) is 9.57. The number of hydrogen-bond acceptors (Lipinski definition) is 7. The van der Waals surface area contributed by atoms with Crippen LogP contribution in [0.2, 0.25) is 0 Å². The Bertz CT molecular complexity index is 1830. The van der Waals surface area contributed by atoms with Gasteiger partial charge in [-0.2, -0.15) is 30.7 Å². The Labute approximate surface area is 263 Å². The van der Waals surface area contributed by atoms with Crippen molar-refractivity contribution >= 4 is 20.0 Å². The third kappa shape index (κ3) is 5.93. The Morgan fingerprint density at radius 1 is 0.511 bits per heavy atom. The summed E-state index contributed by atoms with van der Waals surface area (Å²) in [6.45, 7) is 0. The normalized spacial score (nSPS) is 13.2. The molecule has 234 valence electrons. The van der Waals surface area contributed by atoms with Crippen LogP contribution in [0, 0.1) is 0 Å². The molecule has 4 aromatic rings. The van der Waals surface area contributed by atoms with Gasteiger partial charge in [0.2, 0.25) is 0 Å². The van der Waals surface area contributed by atoms with Crippen molar-refractivity contribution < 1.29 is 81.2 Å². The fraction of sp³-hybridized carbons (Fsp3) is 0.143. The SMILES string of the molecule is O=S(=O)([O-])C(F)(F)C(F)(F)S(=O)(=O)c1ccc(-c2ccc(C(c3ccc(O)cc3)(c3ccc(O)cc3)C(F)(F)F)cc2)cc1.[Li+]. The third-order valence-corrected chi connectivity index (χ3v) is 9.67. The quantitative estimate of drug-likeness (QED) is 0.128. The summed E-state index contributed by atoms with van der Waals surface area (Å²) >= 11 is 0. The molecule has 2 N–H and O–H groups in total. The molecule has 17 heteroatoms. The van der Waals surface area contributed by atoms with Crippen molar-refractivity contribution in [3.63, 3.8) is 0 Å². The molecule has 0 heterocycles. The van der Waals surface area contributed by atoms with E-state index in [1.165, 1.54) is 12.1 Å². The molecule has 0 fully saturated rings. The van der Waals surface area contributed by atoms with Gasteiger partial charge in [0.1, 0.15) is 16.9 Å². The first-order valence-electron chi connectivity index (χ1n) is 12.0. The van der Waals surface area contributed by atoms with Crippen LogP contribution in [-0.2, 0) is 25.4 Å². The van der Waals surface area contributed by atoms with Gasteiger partial charge >= 0.3 is 35.5 Å². The van der Waals surface area contributed by atoms with Crippen molar-refractivity contribution in [1.29, 1.82) is 0 Å². The van der Waals surface area contributed by atoms with Gasteiger partial charge in [0, 0.05) is 0 Å². The first-order valence-corrected chi connectivity index (χ1v) is 14.9. The van der Waals surface area contributed by atoms with Crippen molar-refractivity contribution in [2.75, 3.05) is 0 Å². The van der Waals surface area contributed by atoms with Crippen LogP contribution in [0.25, 0.3) is 11.1 Å². The van der Waals surface area contributed by atoms with Crippen molar-refractivity contribution in [2.24, 2.45) is 0 Å². The number of benzene rings is 4. The maximum Gasteiger partial charge on any atom is 1.00 e. The van der Waals surface area contributed by atoms with E-state index in [-0.39, 0.29) is 58.2 Å². The summed E-state index contributed by atoms with van der Waals surface area (Å²) < 4.78 is 157. The van der Waals surface area contributed by atoms with E-state index in [0.29, 0.717) is 12.1 Å². The zero-order valence-electron chi connectivity index (χ0n) is 22.6. The van der Waals surface area contributed by atoms with Gasteiger partial charge < -0.3 is 14.8 Å². The molecule has 0 aliphatic carbocycles. The smallest absolute Gasteiger partial charge is 0.743 e. The summed E-state index contributed by atoms with van der Waals surface area (Å²) in [6.07, 6.45) is -5.00. The summed E-state index contributed by atoms with van der Waals surface area (Å²) in [5.74, 6) is -0.597. The number of phenolic OH excluding ortho intramolecular Hbond substituents is 2. The van der Waals surface area contributed by atoms with Gasteiger partial charge in [0.05, 0.1) is 4.90 Å². The van der Waals surface area contributed by atoms with Crippen molar-refractivity contribution in [2.45, 2.75) is 27.0 Å².